The highest BCUT2D eigenvalue weighted by Gasteiger charge is 2.11. The number of hydrogen-bond donors (Lipinski definition) is 2. The summed E-state index contributed by atoms with van der Waals surface area (Å²) in [7, 11) is 0. The number of pyridine rings is 2. The molecule has 0 unspecified atom stereocenters. The number of fused-ring (bicyclic) bond motifs is 1. The molecule has 2 rings (SSSR count). The molecule has 0 spiro atoms. The van der Waals surface area contributed by atoms with Gasteiger partial charge >= 0.3 is 5.97 Å². The largest absolute Gasteiger partial charge is 0.494 e. The minimum absolute atomic E-state index is 0.0227. The Morgan fingerprint density at radius 2 is 1.93 bits per heavy atom. The molecule has 0 aliphatic rings. The predicted molar refractivity (Wildman–Crippen MR) is 52.3 cm³/mol. The lowest BCUT2D eigenvalue weighted by Crippen LogP contribution is -2.14. The van der Waals surface area contributed by atoms with E-state index in [0.29, 0.717) is 0 Å². The first-order valence-corrected chi connectivity index (χ1v) is 4.18. The summed E-state index contributed by atoms with van der Waals surface area (Å²) in [6.45, 7) is 0. The topological polar surface area (TPSA) is 79.0 Å². The number of aromatic nitrogens is 1. The summed E-state index contributed by atoms with van der Waals surface area (Å²) in [6, 6.07) is 6.59. The van der Waals surface area contributed by atoms with E-state index in [9.17, 15) is 14.7 Å². The number of nitrogens with zero attached hydrogens (tertiary/aromatic N) is 1. The van der Waals surface area contributed by atoms with Gasteiger partial charge in [0.1, 0.15) is 0 Å². The van der Waals surface area contributed by atoms with Crippen LogP contribution in [0.2, 0.25) is 0 Å². The van der Waals surface area contributed by atoms with Crippen LogP contribution in [0.4, 0.5) is 0 Å². The van der Waals surface area contributed by atoms with E-state index in [1.807, 2.05) is 0 Å². The smallest absolute Gasteiger partial charge is 0.337 e. The summed E-state index contributed by atoms with van der Waals surface area (Å²) in [5.41, 5.74) is -0.311. The van der Waals surface area contributed by atoms with Gasteiger partial charge in [-0.15, -0.1) is 0 Å². The van der Waals surface area contributed by atoms with E-state index >= 15 is 0 Å². The van der Waals surface area contributed by atoms with Gasteiger partial charge in [0.2, 0.25) is 0 Å². The van der Waals surface area contributed by atoms with Gasteiger partial charge in [-0.05, 0) is 18.2 Å². The van der Waals surface area contributed by atoms with Gasteiger partial charge in [0.15, 0.2) is 5.88 Å². The quantitative estimate of drug-likeness (QED) is 0.718. The van der Waals surface area contributed by atoms with Crippen molar-refractivity contribution in [2.75, 3.05) is 0 Å². The van der Waals surface area contributed by atoms with E-state index in [1.165, 1.54) is 30.3 Å². The molecule has 0 saturated carbocycles. The van der Waals surface area contributed by atoms with Crippen LogP contribution < -0.4 is 5.56 Å². The second kappa shape index (κ2) is 3.13. The van der Waals surface area contributed by atoms with Crippen molar-refractivity contribution in [3.8, 4) is 5.88 Å². The maximum absolute atomic E-state index is 11.4. The third-order valence-corrected chi connectivity index (χ3v) is 2.09. The van der Waals surface area contributed by atoms with Crippen LogP contribution in [0.1, 0.15) is 10.4 Å². The molecule has 0 aliphatic heterocycles. The highest BCUT2D eigenvalue weighted by molar-refractivity contribution is 5.95. The van der Waals surface area contributed by atoms with Crippen molar-refractivity contribution in [3.63, 3.8) is 0 Å². The average molecular weight is 205 g/mol. The molecule has 0 aliphatic carbocycles. The van der Waals surface area contributed by atoms with Crippen molar-refractivity contribution in [2.24, 2.45) is 0 Å². The van der Waals surface area contributed by atoms with Gasteiger partial charge < -0.3 is 10.2 Å². The molecule has 76 valence electrons. The molecule has 5 heteroatoms. The minimum Gasteiger partial charge on any atom is -0.494 e. The molecule has 0 aromatic carbocycles. The molecule has 2 N–H and O–H groups in total. The molecule has 0 atom stereocenters. The monoisotopic (exact) mass is 205 g/mol. The van der Waals surface area contributed by atoms with Crippen LogP contribution in [0.5, 0.6) is 5.88 Å². The molecule has 2 heterocycles. The highest BCUT2D eigenvalue weighted by Crippen LogP contribution is 2.15. The number of carboxylic acid groups (broad SMARTS) is 1. The summed E-state index contributed by atoms with van der Waals surface area (Å²) in [5, 5.41) is 18.3. The molecular weight excluding hydrogens is 198 g/mol. The van der Waals surface area contributed by atoms with Crippen LogP contribution in [0, 0.1) is 0 Å². The first-order chi connectivity index (χ1) is 7.11. The number of aromatic carboxylic acids is 1. The predicted octanol–water partition coefficient (Wildman–Crippen LogP) is 0.703. The van der Waals surface area contributed by atoms with Crippen molar-refractivity contribution in [3.05, 3.63) is 46.2 Å². The van der Waals surface area contributed by atoms with Gasteiger partial charge in [0.25, 0.3) is 5.56 Å². The van der Waals surface area contributed by atoms with Gasteiger partial charge in [0, 0.05) is 6.07 Å². The number of aromatic hydroxyl groups is 1. The van der Waals surface area contributed by atoms with E-state index in [2.05, 4.69) is 0 Å². The lowest BCUT2D eigenvalue weighted by atomic mass is 10.2. The molecule has 2 aromatic heterocycles. The van der Waals surface area contributed by atoms with Crippen molar-refractivity contribution in [1.82, 2.24) is 4.40 Å². The summed E-state index contributed by atoms with van der Waals surface area (Å²) >= 11 is 0. The van der Waals surface area contributed by atoms with E-state index in [0.717, 1.165) is 4.40 Å². The molecule has 0 radical (unpaired) electrons. The maximum Gasteiger partial charge on any atom is 0.337 e. The fourth-order valence-electron chi connectivity index (χ4n) is 1.43. The average Bonchev–Trinajstić information content (AvgIpc) is 2.17. The van der Waals surface area contributed by atoms with Gasteiger partial charge in [-0.25, -0.2) is 9.20 Å². The Morgan fingerprint density at radius 3 is 2.60 bits per heavy atom. The van der Waals surface area contributed by atoms with E-state index in [-0.39, 0.29) is 17.0 Å². The second-order valence-electron chi connectivity index (χ2n) is 3.00. The third kappa shape index (κ3) is 1.34. The van der Waals surface area contributed by atoms with Gasteiger partial charge in [-0.2, -0.15) is 0 Å². The van der Waals surface area contributed by atoms with Crippen LogP contribution in [-0.4, -0.2) is 20.6 Å². The van der Waals surface area contributed by atoms with Crippen molar-refractivity contribution >= 4 is 11.5 Å². The van der Waals surface area contributed by atoms with Crippen molar-refractivity contribution in [2.45, 2.75) is 0 Å². The Morgan fingerprint density at radius 1 is 1.20 bits per heavy atom. The Kier molecular flexibility index (Phi) is 1.93. The molecule has 0 amide bonds. The van der Waals surface area contributed by atoms with Gasteiger partial charge in [-0.3, -0.25) is 4.79 Å². The maximum atomic E-state index is 11.4. The molecule has 0 fully saturated rings. The van der Waals surface area contributed by atoms with Crippen LogP contribution in [0.25, 0.3) is 5.52 Å². The summed E-state index contributed by atoms with van der Waals surface area (Å²) in [4.78, 5) is 22.2. The zero-order valence-electron chi connectivity index (χ0n) is 7.54. The fourth-order valence-corrected chi connectivity index (χ4v) is 1.43. The Bertz CT molecular complexity index is 600. The van der Waals surface area contributed by atoms with E-state index < -0.39 is 11.5 Å². The Hall–Kier alpha value is -2.30. The molecule has 15 heavy (non-hydrogen) atoms. The lowest BCUT2D eigenvalue weighted by Gasteiger charge is -2.05. The van der Waals surface area contributed by atoms with Crippen molar-refractivity contribution in [1.29, 1.82) is 0 Å². The van der Waals surface area contributed by atoms with Crippen LogP contribution in [0.3, 0.4) is 0 Å². The Labute approximate surface area is 83.8 Å². The summed E-state index contributed by atoms with van der Waals surface area (Å²) < 4.78 is 0.948. The molecule has 0 bridgehead atoms. The SMILES string of the molecule is O=C(O)c1ccc(O)n2c(=O)cccc12. The Balaban J connectivity index is 3.01. The first-order valence-electron chi connectivity index (χ1n) is 4.18. The zero-order chi connectivity index (χ0) is 11.0. The van der Waals surface area contributed by atoms with Gasteiger partial charge in [0.05, 0.1) is 11.1 Å². The molecule has 5 nitrogen and oxygen atoms in total. The normalized spacial score (nSPS) is 10.4. The van der Waals surface area contributed by atoms with Gasteiger partial charge in [-0.1, -0.05) is 6.07 Å². The lowest BCUT2D eigenvalue weighted by molar-refractivity contribution is 0.0698. The zero-order valence-corrected chi connectivity index (χ0v) is 7.54. The van der Waals surface area contributed by atoms with Crippen LogP contribution in [0.15, 0.2) is 35.1 Å². The van der Waals surface area contributed by atoms with Crippen LogP contribution in [-0.2, 0) is 0 Å². The number of rotatable bonds is 1. The molecule has 0 saturated heterocycles. The standard InChI is InChI=1S/C10H7NO4/c12-8-3-1-2-7-6(10(14)15)4-5-9(13)11(7)8/h1-5,13H,(H,14,15). The summed E-state index contributed by atoms with van der Waals surface area (Å²) in [6.07, 6.45) is 0. The minimum atomic E-state index is -1.14. The van der Waals surface area contributed by atoms with E-state index in [4.69, 9.17) is 5.11 Å². The van der Waals surface area contributed by atoms with E-state index in [1.54, 1.807) is 0 Å². The highest BCUT2D eigenvalue weighted by atomic mass is 16.4. The first kappa shape index (κ1) is 9.26. The summed E-state index contributed by atoms with van der Waals surface area (Å²) in [5.74, 6) is -1.42. The third-order valence-electron chi connectivity index (χ3n) is 2.09. The second-order valence-corrected chi connectivity index (χ2v) is 3.00. The number of carboxylic acids is 1. The fraction of sp³-hybridized carbons (Fsp3) is 0. The van der Waals surface area contributed by atoms with Crippen molar-refractivity contribution < 1.29 is 15.0 Å². The number of hydrogen-bond acceptors (Lipinski definition) is 3. The molecule has 2 aromatic rings. The van der Waals surface area contributed by atoms with Crippen LogP contribution >= 0.6 is 0 Å². The molecular formula is C10H7NO4. The number of carbonyl (C=O) groups is 1.